The SMILES string of the molecule is CCc1cnc(C(C)NC(=O)N[C@H](C)CCO)s1. The summed E-state index contributed by atoms with van der Waals surface area (Å²) in [5.74, 6) is 0. The van der Waals surface area contributed by atoms with Gasteiger partial charge in [-0.2, -0.15) is 0 Å². The van der Waals surface area contributed by atoms with Crippen LogP contribution < -0.4 is 10.6 Å². The zero-order chi connectivity index (χ0) is 13.5. The van der Waals surface area contributed by atoms with Crippen LogP contribution in [0.1, 0.15) is 43.1 Å². The predicted molar refractivity (Wildman–Crippen MR) is 72.7 cm³/mol. The second-order valence-electron chi connectivity index (χ2n) is 4.27. The molecular weight excluding hydrogens is 250 g/mol. The van der Waals surface area contributed by atoms with Gasteiger partial charge in [0.25, 0.3) is 0 Å². The maximum atomic E-state index is 11.7. The molecule has 1 heterocycles. The Hall–Kier alpha value is -1.14. The maximum Gasteiger partial charge on any atom is 0.315 e. The fourth-order valence-corrected chi connectivity index (χ4v) is 2.34. The summed E-state index contributed by atoms with van der Waals surface area (Å²) in [6, 6.07) is -0.363. The summed E-state index contributed by atoms with van der Waals surface area (Å²) in [4.78, 5) is 17.2. The van der Waals surface area contributed by atoms with E-state index in [4.69, 9.17) is 5.11 Å². The Labute approximate surface area is 112 Å². The lowest BCUT2D eigenvalue weighted by atomic mass is 10.2. The van der Waals surface area contributed by atoms with Crippen molar-refractivity contribution in [2.75, 3.05) is 6.61 Å². The Balaban J connectivity index is 2.43. The van der Waals surface area contributed by atoms with Gasteiger partial charge in [0.2, 0.25) is 0 Å². The highest BCUT2D eigenvalue weighted by Gasteiger charge is 2.14. The van der Waals surface area contributed by atoms with Gasteiger partial charge < -0.3 is 15.7 Å². The molecule has 0 aliphatic carbocycles. The zero-order valence-electron chi connectivity index (χ0n) is 11.1. The zero-order valence-corrected chi connectivity index (χ0v) is 11.9. The summed E-state index contributed by atoms with van der Waals surface area (Å²) < 4.78 is 0. The summed E-state index contributed by atoms with van der Waals surface area (Å²) in [6.07, 6.45) is 3.37. The number of carbonyl (C=O) groups is 1. The second-order valence-corrected chi connectivity index (χ2v) is 5.42. The first-order valence-electron chi connectivity index (χ1n) is 6.19. The van der Waals surface area contributed by atoms with E-state index in [-0.39, 0.29) is 24.7 Å². The molecule has 102 valence electrons. The van der Waals surface area contributed by atoms with E-state index in [1.165, 1.54) is 4.88 Å². The van der Waals surface area contributed by atoms with Crippen LogP contribution in [0.25, 0.3) is 0 Å². The molecule has 0 radical (unpaired) electrons. The molecule has 0 spiro atoms. The molecule has 0 saturated carbocycles. The van der Waals surface area contributed by atoms with Crippen LogP contribution in [0.3, 0.4) is 0 Å². The Kier molecular flexibility index (Phi) is 6.07. The molecule has 2 amide bonds. The van der Waals surface area contributed by atoms with Crippen molar-refractivity contribution in [3.8, 4) is 0 Å². The minimum absolute atomic E-state index is 0.0373. The number of aryl methyl sites for hydroxylation is 1. The molecule has 1 aromatic rings. The highest BCUT2D eigenvalue weighted by molar-refractivity contribution is 7.11. The number of nitrogens with zero attached hydrogens (tertiary/aromatic N) is 1. The quantitative estimate of drug-likeness (QED) is 0.739. The molecule has 0 fully saturated rings. The van der Waals surface area contributed by atoms with Crippen LogP contribution in [-0.2, 0) is 6.42 Å². The first-order valence-corrected chi connectivity index (χ1v) is 7.01. The molecule has 0 aromatic carbocycles. The monoisotopic (exact) mass is 271 g/mol. The molecule has 0 saturated heterocycles. The number of aliphatic hydroxyl groups is 1. The number of hydrogen-bond acceptors (Lipinski definition) is 4. The van der Waals surface area contributed by atoms with E-state index in [1.807, 2.05) is 20.0 Å². The number of amides is 2. The third-order valence-corrected chi connectivity index (χ3v) is 3.90. The highest BCUT2D eigenvalue weighted by Crippen LogP contribution is 2.19. The van der Waals surface area contributed by atoms with Crippen molar-refractivity contribution in [2.45, 2.75) is 45.7 Å². The number of hydrogen-bond donors (Lipinski definition) is 3. The average Bonchev–Trinajstić information content (AvgIpc) is 2.77. The van der Waals surface area contributed by atoms with Crippen molar-refractivity contribution in [2.24, 2.45) is 0 Å². The molecule has 0 aliphatic heterocycles. The lowest BCUT2D eigenvalue weighted by Gasteiger charge is -2.16. The van der Waals surface area contributed by atoms with E-state index < -0.39 is 0 Å². The normalized spacial score (nSPS) is 14.0. The molecule has 3 N–H and O–H groups in total. The number of thiazole rings is 1. The number of aromatic nitrogens is 1. The van der Waals surface area contributed by atoms with Crippen LogP contribution in [0.15, 0.2) is 6.20 Å². The minimum atomic E-state index is -0.225. The van der Waals surface area contributed by atoms with Crippen molar-refractivity contribution < 1.29 is 9.90 Å². The van der Waals surface area contributed by atoms with E-state index in [0.717, 1.165) is 11.4 Å². The summed E-state index contributed by atoms with van der Waals surface area (Å²) in [6.45, 7) is 5.93. The second kappa shape index (κ2) is 7.33. The van der Waals surface area contributed by atoms with E-state index in [1.54, 1.807) is 11.3 Å². The third kappa shape index (κ3) is 4.62. The number of urea groups is 1. The fraction of sp³-hybridized carbons (Fsp3) is 0.667. The Morgan fingerprint density at radius 1 is 1.50 bits per heavy atom. The first-order chi connectivity index (χ1) is 8.56. The summed E-state index contributed by atoms with van der Waals surface area (Å²) >= 11 is 1.62. The van der Waals surface area contributed by atoms with Crippen molar-refractivity contribution in [1.29, 1.82) is 0 Å². The number of carbonyl (C=O) groups excluding carboxylic acids is 1. The lowest BCUT2D eigenvalue weighted by Crippen LogP contribution is -2.42. The van der Waals surface area contributed by atoms with Crippen molar-refractivity contribution in [3.05, 3.63) is 16.1 Å². The van der Waals surface area contributed by atoms with Gasteiger partial charge in [-0.15, -0.1) is 11.3 Å². The van der Waals surface area contributed by atoms with Crippen LogP contribution in [0.4, 0.5) is 4.79 Å². The van der Waals surface area contributed by atoms with E-state index in [0.29, 0.717) is 6.42 Å². The van der Waals surface area contributed by atoms with Gasteiger partial charge in [-0.05, 0) is 26.7 Å². The predicted octanol–water partition coefficient (Wildman–Crippen LogP) is 1.84. The summed E-state index contributed by atoms with van der Waals surface area (Å²) in [5.41, 5.74) is 0. The van der Waals surface area contributed by atoms with Gasteiger partial charge >= 0.3 is 6.03 Å². The van der Waals surface area contributed by atoms with Gasteiger partial charge in [-0.1, -0.05) is 6.92 Å². The van der Waals surface area contributed by atoms with Gasteiger partial charge in [0.05, 0.1) is 6.04 Å². The lowest BCUT2D eigenvalue weighted by molar-refractivity contribution is 0.228. The molecule has 0 bridgehead atoms. The van der Waals surface area contributed by atoms with Crippen molar-refractivity contribution >= 4 is 17.4 Å². The minimum Gasteiger partial charge on any atom is -0.396 e. The molecule has 1 unspecified atom stereocenters. The topological polar surface area (TPSA) is 74.2 Å². The molecular formula is C12H21N3O2S. The van der Waals surface area contributed by atoms with Crippen molar-refractivity contribution in [1.82, 2.24) is 15.6 Å². The standard InChI is InChI=1S/C12H21N3O2S/c1-4-10-7-13-11(18-10)9(3)15-12(17)14-8(2)5-6-16/h7-9,16H,4-6H2,1-3H3,(H2,14,15,17)/t8-,9?/m1/s1. The van der Waals surface area contributed by atoms with Crippen LogP contribution in [0.5, 0.6) is 0 Å². The molecule has 6 heteroatoms. The Bertz CT molecular complexity index is 381. The molecule has 2 atom stereocenters. The van der Waals surface area contributed by atoms with Gasteiger partial charge in [0.1, 0.15) is 5.01 Å². The van der Waals surface area contributed by atoms with Crippen LogP contribution in [-0.4, -0.2) is 28.8 Å². The Morgan fingerprint density at radius 3 is 2.78 bits per heavy atom. The van der Waals surface area contributed by atoms with Crippen molar-refractivity contribution in [3.63, 3.8) is 0 Å². The number of nitrogens with one attached hydrogen (secondary N) is 2. The average molecular weight is 271 g/mol. The molecule has 1 rings (SSSR count). The first kappa shape index (κ1) is 14.9. The summed E-state index contributed by atoms with van der Waals surface area (Å²) in [5, 5.41) is 15.3. The van der Waals surface area contributed by atoms with Gasteiger partial charge in [0, 0.05) is 23.7 Å². The highest BCUT2D eigenvalue weighted by atomic mass is 32.1. The molecule has 18 heavy (non-hydrogen) atoms. The van der Waals surface area contributed by atoms with Gasteiger partial charge in [-0.25, -0.2) is 9.78 Å². The maximum absolute atomic E-state index is 11.7. The molecule has 5 nitrogen and oxygen atoms in total. The van der Waals surface area contributed by atoms with Crippen LogP contribution >= 0.6 is 11.3 Å². The van der Waals surface area contributed by atoms with E-state index in [2.05, 4.69) is 22.5 Å². The largest absolute Gasteiger partial charge is 0.396 e. The smallest absolute Gasteiger partial charge is 0.315 e. The summed E-state index contributed by atoms with van der Waals surface area (Å²) in [7, 11) is 0. The third-order valence-electron chi connectivity index (χ3n) is 2.58. The molecule has 0 aliphatic rings. The van der Waals surface area contributed by atoms with Gasteiger partial charge in [-0.3, -0.25) is 0 Å². The number of aliphatic hydroxyl groups excluding tert-OH is 1. The number of rotatable bonds is 6. The Morgan fingerprint density at radius 2 is 2.22 bits per heavy atom. The molecule has 1 aromatic heterocycles. The van der Waals surface area contributed by atoms with E-state index >= 15 is 0 Å². The van der Waals surface area contributed by atoms with Gasteiger partial charge in [0.15, 0.2) is 0 Å². The fourth-order valence-electron chi connectivity index (χ4n) is 1.48. The van der Waals surface area contributed by atoms with Crippen LogP contribution in [0, 0.1) is 0 Å². The van der Waals surface area contributed by atoms with E-state index in [9.17, 15) is 4.79 Å². The van der Waals surface area contributed by atoms with Crippen LogP contribution in [0.2, 0.25) is 0 Å².